The monoisotopic (exact) mass is 448 g/mol. The third kappa shape index (κ3) is 3.34. The second-order valence-corrected chi connectivity index (χ2v) is 8.98. The summed E-state index contributed by atoms with van der Waals surface area (Å²) in [6.45, 7) is 1.33. The van der Waals surface area contributed by atoms with Gasteiger partial charge in [-0.3, -0.25) is 14.3 Å². The average molecular weight is 449 g/mol. The number of rotatable bonds is 1. The molecule has 1 spiro atoms. The van der Waals surface area contributed by atoms with Crippen molar-refractivity contribution in [3.8, 4) is 0 Å². The first-order valence-electron chi connectivity index (χ1n) is 8.74. The van der Waals surface area contributed by atoms with Gasteiger partial charge in [-0.15, -0.1) is 16.4 Å². The Bertz CT molecular complexity index is 991. The summed E-state index contributed by atoms with van der Waals surface area (Å²) in [4.78, 5) is 25.9. The van der Waals surface area contributed by atoms with Crippen molar-refractivity contribution in [3.05, 3.63) is 32.7 Å². The van der Waals surface area contributed by atoms with Crippen LogP contribution in [0.3, 0.4) is 0 Å². The maximum absolute atomic E-state index is 13.3. The summed E-state index contributed by atoms with van der Waals surface area (Å²) in [6, 6.07) is -0.293. The zero-order valence-electron chi connectivity index (χ0n) is 15.4. The number of hydrogen-bond acceptors (Lipinski definition) is 6. The van der Waals surface area contributed by atoms with Gasteiger partial charge in [-0.2, -0.15) is 13.2 Å². The standard InChI is InChI=1S/C17H16ClF3N4O3S/c1-8-4-16(14-9(3-13(18)29-14)12(26)7-28-16)5-11(10-6-24(2)23-22-10)25(8)15(27)17(19,20)21/h3,6,8,11H,4-5,7H2,1-2H3. The number of fused-ring (bicyclic) bond motifs is 2. The topological polar surface area (TPSA) is 77.3 Å². The van der Waals surface area contributed by atoms with Crippen LogP contribution < -0.4 is 0 Å². The highest BCUT2D eigenvalue weighted by atomic mass is 35.5. The number of piperidine rings is 1. The molecule has 0 radical (unpaired) electrons. The molecule has 2 aliphatic rings. The van der Waals surface area contributed by atoms with E-state index in [0.717, 1.165) is 4.90 Å². The Hall–Kier alpha value is -1.98. The van der Waals surface area contributed by atoms with Gasteiger partial charge in [0.05, 0.1) is 16.6 Å². The molecular weight excluding hydrogens is 433 g/mol. The highest BCUT2D eigenvalue weighted by molar-refractivity contribution is 7.16. The van der Waals surface area contributed by atoms with E-state index in [1.807, 2.05) is 0 Å². The van der Waals surface area contributed by atoms with Gasteiger partial charge < -0.3 is 9.64 Å². The lowest BCUT2D eigenvalue weighted by atomic mass is 9.77. The number of halogens is 4. The van der Waals surface area contributed by atoms with Crippen LogP contribution in [0.5, 0.6) is 0 Å². The molecule has 2 aromatic rings. The lowest BCUT2D eigenvalue weighted by Crippen LogP contribution is -2.56. The van der Waals surface area contributed by atoms with Crippen LogP contribution in [0.25, 0.3) is 0 Å². The van der Waals surface area contributed by atoms with E-state index in [1.54, 1.807) is 13.1 Å². The maximum atomic E-state index is 13.3. The van der Waals surface area contributed by atoms with Crippen molar-refractivity contribution in [2.45, 2.75) is 43.6 Å². The molecule has 0 saturated carbocycles. The lowest BCUT2D eigenvalue weighted by Gasteiger charge is -2.50. The Morgan fingerprint density at radius 3 is 2.76 bits per heavy atom. The molecule has 0 bridgehead atoms. The van der Waals surface area contributed by atoms with Crippen LogP contribution in [-0.2, 0) is 22.2 Å². The van der Waals surface area contributed by atoms with Gasteiger partial charge in [0.1, 0.15) is 17.9 Å². The predicted molar refractivity (Wildman–Crippen MR) is 96.6 cm³/mol. The summed E-state index contributed by atoms with van der Waals surface area (Å²) in [5, 5.41) is 7.75. The number of alkyl halides is 3. The van der Waals surface area contributed by atoms with E-state index in [4.69, 9.17) is 16.3 Å². The van der Waals surface area contributed by atoms with Crippen molar-refractivity contribution < 1.29 is 27.5 Å². The van der Waals surface area contributed by atoms with Gasteiger partial charge in [0.15, 0.2) is 5.78 Å². The summed E-state index contributed by atoms with van der Waals surface area (Å²) < 4.78 is 47.6. The van der Waals surface area contributed by atoms with Crippen molar-refractivity contribution in [1.29, 1.82) is 0 Å². The number of ether oxygens (including phenoxy) is 1. The number of carbonyl (C=O) groups is 2. The van der Waals surface area contributed by atoms with Crippen LogP contribution >= 0.6 is 22.9 Å². The molecule has 0 N–H and O–H groups in total. The number of nitrogens with zero attached hydrogens (tertiary/aromatic N) is 4. The van der Waals surface area contributed by atoms with E-state index in [9.17, 15) is 22.8 Å². The molecule has 0 aromatic carbocycles. The number of aryl methyl sites for hydroxylation is 1. The molecular formula is C17H16ClF3N4O3S. The summed E-state index contributed by atoms with van der Waals surface area (Å²) in [6.07, 6.45) is -3.44. The van der Waals surface area contributed by atoms with Crippen LogP contribution in [0.15, 0.2) is 12.3 Å². The SMILES string of the molecule is CC1CC2(CC(c3cn(C)nn3)N1C(=O)C(F)(F)F)OCC(=O)c1cc(Cl)sc12. The Morgan fingerprint density at radius 2 is 2.14 bits per heavy atom. The van der Waals surface area contributed by atoms with Crippen LogP contribution in [0.4, 0.5) is 13.2 Å². The van der Waals surface area contributed by atoms with E-state index in [1.165, 1.54) is 29.1 Å². The average Bonchev–Trinajstić information content (AvgIpc) is 3.23. The fourth-order valence-electron chi connectivity index (χ4n) is 4.19. The van der Waals surface area contributed by atoms with E-state index in [-0.39, 0.29) is 30.9 Å². The van der Waals surface area contributed by atoms with Gasteiger partial charge in [-0.25, -0.2) is 0 Å². The fraction of sp³-hybridized carbons (Fsp3) is 0.529. The zero-order valence-corrected chi connectivity index (χ0v) is 16.9. The minimum absolute atomic E-state index is 0.00890. The third-order valence-electron chi connectivity index (χ3n) is 5.29. The van der Waals surface area contributed by atoms with E-state index < -0.39 is 29.8 Å². The second kappa shape index (κ2) is 6.78. The normalized spacial score (nSPS) is 27.4. The van der Waals surface area contributed by atoms with Crippen molar-refractivity contribution in [3.63, 3.8) is 0 Å². The number of amides is 1. The minimum atomic E-state index is -5.03. The van der Waals surface area contributed by atoms with E-state index in [2.05, 4.69) is 10.3 Å². The Morgan fingerprint density at radius 1 is 1.41 bits per heavy atom. The first-order valence-corrected chi connectivity index (χ1v) is 9.94. The molecule has 29 heavy (non-hydrogen) atoms. The molecule has 3 atom stereocenters. The van der Waals surface area contributed by atoms with Crippen molar-refractivity contribution in [2.75, 3.05) is 6.61 Å². The molecule has 1 amide bonds. The molecule has 12 heteroatoms. The minimum Gasteiger partial charge on any atom is -0.361 e. The number of Topliss-reactive ketones (excluding diaryl/α,β-unsaturated/α-hetero) is 1. The molecule has 3 unspecified atom stereocenters. The van der Waals surface area contributed by atoms with Gasteiger partial charge in [0, 0.05) is 36.4 Å². The van der Waals surface area contributed by atoms with Crippen LogP contribution in [-0.4, -0.2) is 50.4 Å². The van der Waals surface area contributed by atoms with E-state index >= 15 is 0 Å². The zero-order chi connectivity index (χ0) is 21.1. The Balaban J connectivity index is 1.82. The first-order chi connectivity index (χ1) is 13.5. The van der Waals surface area contributed by atoms with Crippen molar-refractivity contribution in [2.24, 2.45) is 7.05 Å². The smallest absolute Gasteiger partial charge is 0.361 e. The maximum Gasteiger partial charge on any atom is 0.471 e. The molecule has 156 valence electrons. The quantitative estimate of drug-likeness (QED) is 0.669. The van der Waals surface area contributed by atoms with Crippen LogP contribution in [0, 0.1) is 0 Å². The fourth-order valence-corrected chi connectivity index (χ4v) is 5.59. The summed E-state index contributed by atoms with van der Waals surface area (Å²) in [5.41, 5.74) is -0.391. The van der Waals surface area contributed by atoms with Crippen molar-refractivity contribution in [1.82, 2.24) is 19.9 Å². The molecule has 4 heterocycles. The molecule has 1 saturated heterocycles. The first kappa shape index (κ1) is 20.3. The van der Waals surface area contributed by atoms with Crippen LogP contribution in [0.2, 0.25) is 4.34 Å². The number of aromatic nitrogens is 3. The van der Waals surface area contributed by atoms with Crippen LogP contribution in [0.1, 0.15) is 46.7 Å². The second-order valence-electron chi connectivity index (χ2n) is 7.30. The molecule has 2 aromatic heterocycles. The van der Waals surface area contributed by atoms with Gasteiger partial charge in [0.2, 0.25) is 0 Å². The number of hydrogen-bond donors (Lipinski definition) is 0. The lowest BCUT2D eigenvalue weighted by molar-refractivity contribution is -0.200. The highest BCUT2D eigenvalue weighted by Gasteiger charge is 2.56. The third-order valence-corrected chi connectivity index (χ3v) is 6.74. The summed E-state index contributed by atoms with van der Waals surface area (Å²) in [7, 11) is 1.58. The van der Waals surface area contributed by atoms with Gasteiger partial charge in [0.25, 0.3) is 0 Å². The van der Waals surface area contributed by atoms with Gasteiger partial charge in [-0.1, -0.05) is 16.8 Å². The van der Waals surface area contributed by atoms with Crippen molar-refractivity contribution >= 4 is 34.6 Å². The molecule has 4 rings (SSSR count). The summed E-state index contributed by atoms with van der Waals surface area (Å²) in [5.74, 6) is -2.17. The predicted octanol–water partition coefficient (Wildman–Crippen LogP) is 3.25. The van der Waals surface area contributed by atoms with Gasteiger partial charge in [-0.05, 0) is 13.0 Å². The molecule has 0 aliphatic carbocycles. The Labute approximate surface area is 172 Å². The molecule has 7 nitrogen and oxygen atoms in total. The highest BCUT2D eigenvalue weighted by Crippen LogP contribution is 2.53. The van der Waals surface area contributed by atoms with E-state index in [0.29, 0.717) is 14.8 Å². The summed E-state index contributed by atoms with van der Waals surface area (Å²) >= 11 is 7.29. The number of likely N-dealkylation sites (tertiary alicyclic amines) is 1. The number of ketones is 1. The largest absolute Gasteiger partial charge is 0.471 e. The molecule has 2 aliphatic heterocycles. The molecule has 1 fully saturated rings. The number of carbonyl (C=O) groups excluding carboxylic acids is 2. The number of thiophene rings is 1. The Kier molecular flexibility index (Phi) is 4.74. The van der Waals surface area contributed by atoms with Gasteiger partial charge >= 0.3 is 12.1 Å².